The molecular weight excluding hydrogens is 636 g/mol. The fourth-order valence-electron chi connectivity index (χ4n) is 5.58. The Balaban J connectivity index is 1.83. The third-order valence-corrected chi connectivity index (χ3v) is 8.27. The lowest BCUT2D eigenvalue weighted by molar-refractivity contribution is -0.134. The monoisotopic (exact) mass is 692 g/mol. The van der Waals surface area contributed by atoms with Crippen LogP contribution in [-0.2, 0) is 41.5 Å². The summed E-state index contributed by atoms with van der Waals surface area (Å²) in [7, 11) is 0. The van der Waals surface area contributed by atoms with E-state index in [1.54, 1.807) is 27.7 Å². The highest BCUT2D eigenvalue weighted by Gasteiger charge is 2.50. The molecule has 1 fully saturated rings. The van der Waals surface area contributed by atoms with E-state index < -0.39 is 59.2 Å². The van der Waals surface area contributed by atoms with E-state index >= 15 is 0 Å². The van der Waals surface area contributed by atoms with Crippen LogP contribution in [0.2, 0.25) is 0 Å². The molecule has 1 aliphatic heterocycles. The molecule has 1 saturated heterocycles. The lowest BCUT2D eigenvalue weighted by Crippen LogP contribution is -2.59. The highest BCUT2D eigenvalue weighted by atomic mass is 16.6. The highest BCUT2D eigenvalue weighted by Crippen LogP contribution is 2.29. The molecule has 0 spiro atoms. The molecule has 1 aliphatic rings. The van der Waals surface area contributed by atoms with Gasteiger partial charge >= 0.3 is 6.09 Å². The lowest BCUT2D eigenvalue weighted by atomic mass is 9.93. The maximum absolute atomic E-state index is 14.0. The van der Waals surface area contributed by atoms with Gasteiger partial charge in [0, 0.05) is 6.42 Å². The van der Waals surface area contributed by atoms with Gasteiger partial charge in [-0.15, -0.1) is 0 Å². The Bertz CT molecular complexity index is 1440. The molecule has 0 bridgehead atoms. The summed E-state index contributed by atoms with van der Waals surface area (Å²) in [6.45, 7) is 15.0. The van der Waals surface area contributed by atoms with Gasteiger partial charge in [-0.05, 0) is 76.3 Å². The summed E-state index contributed by atoms with van der Waals surface area (Å²) >= 11 is 0. The fourth-order valence-corrected chi connectivity index (χ4v) is 5.58. The molecular formula is C39H56N4O7. The first-order valence-corrected chi connectivity index (χ1v) is 17.6. The van der Waals surface area contributed by atoms with E-state index in [9.17, 15) is 24.0 Å². The van der Waals surface area contributed by atoms with E-state index in [1.165, 1.54) is 0 Å². The zero-order chi connectivity index (χ0) is 37.1. The molecule has 2 aromatic rings. The minimum atomic E-state index is -1.04. The highest BCUT2D eigenvalue weighted by molar-refractivity contribution is 5.98. The Kier molecular flexibility index (Phi) is 14.6. The number of ketones is 1. The van der Waals surface area contributed by atoms with Crippen molar-refractivity contribution in [2.45, 2.75) is 123 Å². The predicted molar refractivity (Wildman–Crippen MR) is 192 cm³/mol. The smallest absolute Gasteiger partial charge is 0.408 e. The number of ether oxygens (including phenoxy) is 2. The summed E-state index contributed by atoms with van der Waals surface area (Å²) in [5.74, 6) is -1.69. The van der Waals surface area contributed by atoms with Crippen LogP contribution in [0.25, 0.3) is 0 Å². The fraction of sp³-hybridized carbons (Fsp3) is 0.564. The van der Waals surface area contributed by atoms with Crippen molar-refractivity contribution < 1.29 is 33.4 Å². The van der Waals surface area contributed by atoms with E-state index in [0.29, 0.717) is 19.4 Å². The average molecular weight is 693 g/mol. The molecule has 2 aromatic carbocycles. The molecule has 4 amide bonds. The summed E-state index contributed by atoms with van der Waals surface area (Å²) in [5.41, 5.74) is 0.0894. The number of rotatable bonds is 18. The Morgan fingerprint density at radius 3 is 1.68 bits per heavy atom. The third-order valence-electron chi connectivity index (χ3n) is 8.27. The van der Waals surface area contributed by atoms with Gasteiger partial charge in [0.15, 0.2) is 5.78 Å². The molecule has 4 N–H and O–H groups in total. The van der Waals surface area contributed by atoms with Crippen LogP contribution in [0, 0.1) is 11.8 Å². The van der Waals surface area contributed by atoms with E-state index in [1.807, 2.05) is 88.4 Å². The van der Waals surface area contributed by atoms with Gasteiger partial charge in [0.1, 0.15) is 29.3 Å². The largest absolute Gasteiger partial charge is 0.444 e. The van der Waals surface area contributed by atoms with Crippen LogP contribution in [0.3, 0.4) is 0 Å². The number of alkyl carbamates (subject to hydrolysis) is 1. The van der Waals surface area contributed by atoms with Crippen molar-refractivity contribution in [3.63, 3.8) is 0 Å². The van der Waals surface area contributed by atoms with Crippen LogP contribution >= 0.6 is 0 Å². The molecule has 11 heteroatoms. The molecule has 1 heterocycles. The van der Waals surface area contributed by atoms with Gasteiger partial charge in [-0.25, -0.2) is 4.79 Å². The number of nitrogens with one attached hydrogen (secondary N) is 4. The van der Waals surface area contributed by atoms with Crippen LogP contribution in [-0.4, -0.2) is 71.6 Å². The number of benzene rings is 2. The molecule has 5 atom stereocenters. The van der Waals surface area contributed by atoms with Gasteiger partial charge in [0.05, 0.1) is 12.6 Å². The number of amides is 4. The van der Waals surface area contributed by atoms with Crippen LogP contribution < -0.4 is 21.3 Å². The van der Waals surface area contributed by atoms with E-state index in [0.717, 1.165) is 11.1 Å². The van der Waals surface area contributed by atoms with Crippen LogP contribution in [0.4, 0.5) is 4.79 Å². The van der Waals surface area contributed by atoms with E-state index in [2.05, 4.69) is 21.3 Å². The first-order chi connectivity index (χ1) is 23.5. The van der Waals surface area contributed by atoms with E-state index in [-0.39, 0.29) is 36.9 Å². The van der Waals surface area contributed by atoms with Gasteiger partial charge in [0.25, 0.3) is 0 Å². The number of carbonyl (C=O) groups is 5. The lowest BCUT2D eigenvalue weighted by Gasteiger charge is -2.28. The Morgan fingerprint density at radius 2 is 1.16 bits per heavy atom. The molecule has 0 aliphatic carbocycles. The number of aryl methyl sites for hydroxylation is 1. The van der Waals surface area contributed by atoms with Crippen LogP contribution in [0.15, 0.2) is 60.7 Å². The third kappa shape index (κ3) is 13.6. The van der Waals surface area contributed by atoms with Crippen molar-refractivity contribution in [1.29, 1.82) is 0 Å². The Hall–Kier alpha value is -4.25. The standard InChI is InChI=1S/C39H56N4O7/c1-25(2)21-30(33(44)39(8)24-49-39)40-36(47)32(23-28-17-13-10-14-18-28)42-35(46)31(22-26(3)4)41-34(45)29(43-37(48)50-38(5,6)7)20-19-27-15-11-9-12-16-27/h9-18,25-26,29-32H,19-24H2,1-8H3,(H,40,47)(H,41,45)(H,42,46)(H,43,48)/t29-,30?,31?,32?,39+/m0/s1. The van der Waals surface area contributed by atoms with Crippen molar-refractivity contribution >= 4 is 29.6 Å². The number of carbonyl (C=O) groups excluding carboxylic acids is 5. The summed E-state index contributed by atoms with van der Waals surface area (Å²) < 4.78 is 10.8. The first kappa shape index (κ1) is 40.2. The molecule has 0 saturated carbocycles. The number of Topliss-reactive ketones (excluding diaryl/α,β-unsaturated/α-hetero) is 1. The quantitative estimate of drug-likeness (QED) is 0.166. The van der Waals surface area contributed by atoms with Gasteiger partial charge in [0.2, 0.25) is 17.7 Å². The number of epoxide rings is 1. The molecule has 11 nitrogen and oxygen atoms in total. The van der Waals surface area contributed by atoms with Crippen molar-refractivity contribution in [3.05, 3.63) is 71.8 Å². The average Bonchev–Trinajstić information content (AvgIpc) is 3.79. The zero-order valence-corrected chi connectivity index (χ0v) is 30.8. The van der Waals surface area contributed by atoms with Crippen LogP contribution in [0.1, 0.15) is 85.8 Å². The van der Waals surface area contributed by atoms with Gasteiger partial charge in [-0.1, -0.05) is 88.4 Å². The molecule has 274 valence electrons. The second-order valence-corrected chi connectivity index (χ2v) is 15.2. The summed E-state index contributed by atoms with van der Waals surface area (Å²) in [4.78, 5) is 67.8. The Labute approximate surface area is 297 Å². The second kappa shape index (κ2) is 18.1. The summed E-state index contributed by atoms with van der Waals surface area (Å²) in [5, 5.41) is 11.3. The minimum absolute atomic E-state index is 0.00126. The van der Waals surface area contributed by atoms with Crippen molar-refractivity contribution in [2.24, 2.45) is 11.8 Å². The zero-order valence-electron chi connectivity index (χ0n) is 30.8. The van der Waals surface area contributed by atoms with Gasteiger partial charge in [-0.2, -0.15) is 0 Å². The summed E-state index contributed by atoms with van der Waals surface area (Å²) in [6.07, 6.45) is 0.867. The summed E-state index contributed by atoms with van der Waals surface area (Å²) in [6, 6.07) is 15.0. The second-order valence-electron chi connectivity index (χ2n) is 15.2. The van der Waals surface area contributed by atoms with Crippen LogP contribution in [0.5, 0.6) is 0 Å². The van der Waals surface area contributed by atoms with Crippen molar-refractivity contribution in [1.82, 2.24) is 21.3 Å². The molecule has 0 aromatic heterocycles. The van der Waals surface area contributed by atoms with Gasteiger partial charge in [-0.3, -0.25) is 19.2 Å². The molecule has 0 radical (unpaired) electrons. The number of hydrogen-bond donors (Lipinski definition) is 4. The maximum Gasteiger partial charge on any atom is 0.408 e. The minimum Gasteiger partial charge on any atom is -0.444 e. The van der Waals surface area contributed by atoms with Gasteiger partial charge < -0.3 is 30.7 Å². The van der Waals surface area contributed by atoms with Crippen molar-refractivity contribution in [3.8, 4) is 0 Å². The SMILES string of the molecule is CC(C)CC(NC(=O)[C@H](CCc1ccccc1)NC(=O)OC(C)(C)C)C(=O)NC(Cc1ccccc1)C(=O)NC(CC(C)C)C(=O)[C@@]1(C)CO1. The molecule has 50 heavy (non-hydrogen) atoms. The van der Waals surface area contributed by atoms with E-state index in [4.69, 9.17) is 9.47 Å². The number of hydrogen-bond acceptors (Lipinski definition) is 7. The predicted octanol–water partition coefficient (Wildman–Crippen LogP) is 4.66. The molecule has 3 rings (SSSR count). The normalized spacial score (nSPS) is 18.0. The molecule has 3 unspecified atom stereocenters. The maximum atomic E-state index is 14.0. The van der Waals surface area contributed by atoms with Crippen molar-refractivity contribution in [2.75, 3.05) is 6.61 Å². The Morgan fingerprint density at radius 1 is 0.700 bits per heavy atom. The first-order valence-electron chi connectivity index (χ1n) is 17.6. The topological polar surface area (TPSA) is 155 Å².